The molecular weight excluding hydrogens is 280 g/mol. The normalized spacial score (nSPS) is 11.3. The lowest BCUT2D eigenvalue weighted by Crippen LogP contribution is -2.33. The third-order valence-corrected chi connectivity index (χ3v) is 2.56. The fraction of sp³-hybridized carbons (Fsp3) is 0.385. The van der Waals surface area contributed by atoms with Crippen molar-refractivity contribution in [1.82, 2.24) is 5.32 Å². The molecule has 0 aromatic heterocycles. The molecule has 4 N–H and O–H groups in total. The van der Waals surface area contributed by atoms with Gasteiger partial charge in [-0.15, -0.1) is 0 Å². The van der Waals surface area contributed by atoms with Gasteiger partial charge in [-0.05, 0) is 32.0 Å². The molecule has 0 aliphatic heterocycles. The van der Waals surface area contributed by atoms with Crippen LogP contribution in [0.5, 0.6) is 5.75 Å². The number of nitrogens with two attached hydrogens (primary N) is 1. The number of hydrogen-bond acceptors (Lipinski definition) is 3. The van der Waals surface area contributed by atoms with Crippen molar-refractivity contribution in [3.8, 4) is 5.75 Å². The SMILES string of the molecule is COc1ccc(NC(N)=NCC(=O)NC(C)C)cc1Cl. The van der Waals surface area contributed by atoms with Gasteiger partial charge in [-0.25, -0.2) is 4.99 Å². The number of nitrogens with one attached hydrogen (secondary N) is 2. The van der Waals surface area contributed by atoms with Crippen molar-refractivity contribution < 1.29 is 9.53 Å². The lowest BCUT2D eigenvalue weighted by atomic mass is 10.3. The number of guanidine groups is 1. The molecule has 110 valence electrons. The molecule has 0 unspecified atom stereocenters. The minimum Gasteiger partial charge on any atom is -0.495 e. The van der Waals surface area contributed by atoms with Crippen LogP contribution >= 0.6 is 11.6 Å². The van der Waals surface area contributed by atoms with Crippen LogP contribution in [-0.4, -0.2) is 31.6 Å². The molecular formula is C13H19ClN4O2. The molecule has 0 aliphatic rings. The Kier molecular flexibility index (Phi) is 6.11. The largest absolute Gasteiger partial charge is 0.495 e. The second kappa shape index (κ2) is 7.59. The number of carbonyl (C=O) groups excluding carboxylic acids is 1. The van der Waals surface area contributed by atoms with E-state index < -0.39 is 0 Å². The van der Waals surface area contributed by atoms with Crippen LogP contribution < -0.4 is 21.1 Å². The summed E-state index contributed by atoms with van der Waals surface area (Å²) in [7, 11) is 1.54. The molecule has 20 heavy (non-hydrogen) atoms. The number of hydrogen-bond donors (Lipinski definition) is 3. The molecule has 0 saturated carbocycles. The highest BCUT2D eigenvalue weighted by Crippen LogP contribution is 2.26. The van der Waals surface area contributed by atoms with E-state index in [9.17, 15) is 4.79 Å². The quantitative estimate of drug-likeness (QED) is 0.569. The minimum absolute atomic E-state index is 0.0269. The van der Waals surface area contributed by atoms with Gasteiger partial charge in [-0.1, -0.05) is 11.6 Å². The summed E-state index contributed by atoms with van der Waals surface area (Å²) in [5.41, 5.74) is 6.36. The molecule has 0 fully saturated rings. The average Bonchev–Trinajstić information content (AvgIpc) is 2.36. The summed E-state index contributed by atoms with van der Waals surface area (Å²) in [4.78, 5) is 15.4. The number of rotatable bonds is 5. The second-order valence-corrected chi connectivity index (χ2v) is 4.81. The number of benzene rings is 1. The zero-order chi connectivity index (χ0) is 15.1. The van der Waals surface area contributed by atoms with E-state index >= 15 is 0 Å². The van der Waals surface area contributed by atoms with Crippen molar-refractivity contribution in [2.45, 2.75) is 19.9 Å². The summed E-state index contributed by atoms with van der Waals surface area (Å²) >= 11 is 5.99. The van der Waals surface area contributed by atoms with Gasteiger partial charge < -0.3 is 21.1 Å². The molecule has 0 bridgehead atoms. The Morgan fingerprint density at radius 3 is 2.75 bits per heavy atom. The van der Waals surface area contributed by atoms with Crippen molar-refractivity contribution in [3.63, 3.8) is 0 Å². The molecule has 0 heterocycles. The number of carbonyl (C=O) groups is 1. The van der Waals surface area contributed by atoms with Gasteiger partial charge in [0, 0.05) is 11.7 Å². The highest BCUT2D eigenvalue weighted by Gasteiger charge is 2.04. The molecule has 0 saturated heterocycles. The van der Waals surface area contributed by atoms with E-state index in [2.05, 4.69) is 15.6 Å². The number of halogens is 1. The zero-order valence-electron chi connectivity index (χ0n) is 11.7. The Morgan fingerprint density at radius 2 is 2.20 bits per heavy atom. The summed E-state index contributed by atoms with van der Waals surface area (Å²) < 4.78 is 5.05. The molecule has 1 amide bonds. The summed E-state index contributed by atoms with van der Waals surface area (Å²) in [6, 6.07) is 5.20. The van der Waals surface area contributed by atoms with Gasteiger partial charge in [0.05, 0.1) is 12.1 Å². The fourth-order valence-electron chi connectivity index (χ4n) is 1.46. The maximum Gasteiger partial charge on any atom is 0.242 e. The van der Waals surface area contributed by atoms with Crippen molar-refractivity contribution in [2.75, 3.05) is 19.0 Å². The first kappa shape index (κ1) is 16.1. The highest BCUT2D eigenvalue weighted by atomic mass is 35.5. The highest BCUT2D eigenvalue weighted by molar-refractivity contribution is 6.32. The van der Waals surface area contributed by atoms with Crippen LogP contribution in [0.25, 0.3) is 0 Å². The van der Waals surface area contributed by atoms with Crippen molar-refractivity contribution >= 4 is 29.2 Å². The topological polar surface area (TPSA) is 88.7 Å². The first-order valence-corrected chi connectivity index (χ1v) is 6.50. The van der Waals surface area contributed by atoms with E-state index in [4.69, 9.17) is 22.1 Å². The predicted molar refractivity (Wildman–Crippen MR) is 81.4 cm³/mol. The average molecular weight is 299 g/mol. The summed E-state index contributed by atoms with van der Waals surface area (Å²) in [6.07, 6.45) is 0. The Balaban J connectivity index is 2.59. The van der Waals surface area contributed by atoms with Crippen molar-refractivity contribution in [3.05, 3.63) is 23.2 Å². The number of amides is 1. The van der Waals surface area contributed by atoms with Crippen LogP contribution in [0.3, 0.4) is 0 Å². The van der Waals surface area contributed by atoms with E-state index in [0.29, 0.717) is 16.5 Å². The second-order valence-electron chi connectivity index (χ2n) is 4.40. The molecule has 0 aliphatic carbocycles. The van der Waals surface area contributed by atoms with Crippen LogP contribution in [0.1, 0.15) is 13.8 Å². The third-order valence-electron chi connectivity index (χ3n) is 2.27. The third kappa shape index (κ3) is 5.36. The van der Waals surface area contributed by atoms with Gasteiger partial charge in [-0.2, -0.15) is 0 Å². The van der Waals surface area contributed by atoms with Crippen LogP contribution in [0, 0.1) is 0 Å². The van der Waals surface area contributed by atoms with Crippen molar-refractivity contribution in [1.29, 1.82) is 0 Å². The molecule has 7 heteroatoms. The van der Waals surface area contributed by atoms with Gasteiger partial charge in [-0.3, -0.25) is 4.79 Å². The van der Waals surface area contributed by atoms with Gasteiger partial charge in [0.15, 0.2) is 5.96 Å². The maximum atomic E-state index is 11.4. The Labute approximate surface area is 123 Å². The first-order valence-electron chi connectivity index (χ1n) is 6.12. The van der Waals surface area contributed by atoms with E-state index in [1.165, 1.54) is 7.11 Å². The van der Waals surface area contributed by atoms with E-state index in [-0.39, 0.29) is 24.5 Å². The monoisotopic (exact) mass is 298 g/mol. The molecule has 0 spiro atoms. The fourth-order valence-corrected chi connectivity index (χ4v) is 1.71. The number of anilines is 1. The molecule has 0 radical (unpaired) electrons. The van der Waals surface area contributed by atoms with Gasteiger partial charge in [0.25, 0.3) is 0 Å². The molecule has 0 atom stereocenters. The van der Waals surface area contributed by atoms with Gasteiger partial charge >= 0.3 is 0 Å². The molecule has 1 aromatic carbocycles. The van der Waals surface area contributed by atoms with Crippen LogP contribution in [0.15, 0.2) is 23.2 Å². The number of nitrogens with zero attached hydrogens (tertiary/aromatic N) is 1. The summed E-state index contributed by atoms with van der Waals surface area (Å²) in [6.45, 7) is 3.73. The summed E-state index contributed by atoms with van der Waals surface area (Å²) in [5.74, 6) is 0.534. The predicted octanol–water partition coefficient (Wildman–Crippen LogP) is 1.60. The summed E-state index contributed by atoms with van der Waals surface area (Å²) in [5, 5.41) is 6.03. The maximum absolute atomic E-state index is 11.4. The number of ether oxygens (including phenoxy) is 1. The van der Waals surface area contributed by atoms with E-state index in [0.717, 1.165) is 0 Å². The number of aliphatic imine (C=N–C) groups is 1. The van der Waals surface area contributed by atoms with Gasteiger partial charge in [0.1, 0.15) is 12.3 Å². The Morgan fingerprint density at radius 1 is 1.50 bits per heavy atom. The molecule has 1 aromatic rings. The minimum atomic E-state index is -0.183. The zero-order valence-corrected chi connectivity index (χ0v) is 12.5. The standard InChI is InChI=1S/C13H19ClN4O2/c1-8(2)17-12(19)7-16-13(15)18-9-4-5-11(20-3)10(14)6-9/h4-6,8H,7H2,1-3H3,(H,17,19)(H3,15,16,18). The van der Waals surface area contributed by atoms with Crippen LogP contribution in [0.4, 0.5) is 5.69 Å². The Hall–Kier alpha value is -1.95. The smallest absolute Gasteiger partial charge is 0.242 e. The van der Waals surface area contributed by atoms with Crippen molar-refractivity contribution in [2.24, 2.45) is 10.7 Å². The van der Waals surface area contributed by atoms with Crippen LogP contribution in [0.2, 0.25) is 5.02 Å². The van der Waals surface area contributed by atoms with Gasteiger partial charge in [0.2, 0.25) is 5.91 Å². The Bertz CT molecular complexity index is 503. The van der Waals surface area contributed by atoms with E-state index in [1.807, 2.05) is 13.8 Å². The molecule has 6 nitrogen and oxygen atoms in total. The van der Waals surface area contributed by atoms with E-state index in [1.54, 1.807) is 18.2 Å². The van der Waals surface area contributed by atoms with Crippen LogP contribution in [-0.2, 0) is 4.79 Å². The lowest BCUT2D eigenvalue weighted by Gasteiger charge is -2.09. The lowest BCUT2D eigenvalue weighted by molar-refractivity contribution is -0.120. The first-order chi connectivity index (χ1) is 9.42. The number of methoxy groups -OCH3 is 1. The molecule has 1 rings (SSSR count).